The van der Waals surface area contributed by atoms with Crippen molar-refractivity contribution < 1.29 is 0 Å². The molecule has 0 aliphatic rings. The second kappa shape index (κ2) is 6.25. The van der Waals surface area contributed by atoms with Crippen LogP contribution in [-0.4, -0.2) is 13.1 Å². The van der Waals surface area contributed by atoms with E-state index in [1.54, 1.807) is 11.3 Å². The van der Waals surface area contributed by atoms with Gasteiger partial charge in [-0.25, -0.2) is 4.98 Å². The average Bonchev–Trinajstić information content (AvgIpc) is 3.05. The van der Waals surface area contributed by atoms with E-state index in [9.17, 15) is 0 Å². The Morgan fingerprint density at radius 3 is 2.16 bits per heavy atom. The second-order valence-corrected chi connectivity index (χ2v) is 13.5. The van der Waals surface area contributed by atoms with E-state index in [2.05, 4.69) is 86.4 Å². The van der Waals surface area contributed by atoms with E-state index < -0.39 is 8.07 Å². The summed E-state index contributed by atoms with van der Waals surface area (Å²) in [6.45, 7) is 7.18. The van der Waals surface area contributed by atoms with E-state index in [1.807, 2.05) is 6.07 Å². The van der Waals surface area contributed by atoms with Gasteiger partial charge in [-0.2, -0.15) is 0 Å². The van der Waals surface area contributed by atoms with Gasteiger partial charge in [0.15, 0.2) is 0 Å². The third-order valence-electron chi connectivity index (χ3n) is 4.47. The molecule has 3 aromatic carbocycles. The number of hydrogen-bond donors (Lipinski definition) is 0. The quantitative estimate of drug-likeness (QED) is 0.398. The van der Waals surface area contributed by atoms with Gasteiger partial charge >= 0.3 is 0 Å². The minimum atomic E-state index is -1.31. The number of rotatable bonds is 3. The van der Waals surface area contributed by atoms with E-state index in [-0.39, 0.29) is 0 Å². The molecule has 3 heteroatoms. The summed E-state index contributed by atoms with van der Waals surface area (Å²) in [7, 11) is -1.31. The maximum atomic E-state index is 4.80. The molecule has 0 amide bonds. The van der Waals surface area contributed by atoms with Crippen molar-refractivity contribution in [1.82, 2.24) is 4.98 Å². The van der Waals surface area contributed by atoms with Gasteiger partial charge in [-0.15, -0.1) is 11.3 Å². The normalized spacial score (nSPS) is 11.8. The average molecular weight is 360 g/mol. The van der Waals surface area contributed by atoms with Gasteiger partial charge in [-0.3, -0.25) is 0 Å². The van der Waals surface area contributed by atoms with Crippen molar-refractivity contribution in [3.8, 4) is 21.7 Å². The Kier molecular flexibility index (Phi) is 4.06. The van der Waals surface area contributed by atoms with Crippen LogP contribution in [0.5, 0.6) is 0 Å². The van der Waals surface area contributed by atoms with E-state index in [0.29, 0.717) is 0 Å². The maximum Gasteiger partial charge on any atom is 0.124 e. The number of para-hydroxylation sites is 1. The maximum absolute atomic E-state index is 4.80. The lowest BCUT2D eigenvalue weighted by Gasteiger charge is -2.17. The lowest BCUT2D eigenvalue weighted by molar-refractivity contribution is 1.47. The molecule has 0 N–H and O–H groups in total. The van der Waals surface area contributed by atoms with Crippen LogP contribution < -0.4 is 5.19 Å². The number of hydrogen-bond acceptors (Lipinski definition) is 2. The number of benzene rings is 3. The Balaban J connectivity index is 1.77. The molecule has 124 valence electrons. The van der Waals surface area contributed by atoms with Gasteiger partial charge in [-0.1, -0.05) is 79.4 Å². The van der Waals surface area contributed by atoms with Crippen LogP contribution in [0.1, 0.15) is 0 Å². The molecule has 4 rings (SSSR count). The zero-order valence-electron chi connectivity index (χ0n) is 14.8. The highest BCUT2D eigenvalue weighted by atomic mass is 32.1. The first-order valence-electron chi connectivity index (χ1n) is 8.58. The Labute approximate surface area is 154 Å². The summed E-state index contributed by atoms with van der Waals surface area (Å²) in [5.41, 5.74) is 4.82. The van der Waals surface area contributed by atoms with Gasteiger partial charge < -0.3 is 0 Å². The number of aromatic nitrogens is 1. The van der Waals surface area contributed by atoms with Gasteiger partial charge in [0.25, 0.3) is 0 Å². The highest BCUT2D eigenvalue weighted by molar-refractivity contribution is 7.21. The summed E-state index contributed by atoms with van der Waals surface area (Å²) >= 11 is 1.76. The molecule has 1 nitrogen and oxygen atoms in total. The molecule has 0 radical (unpaired) electrons. The van der Waals surface area contributed by atoms with Crippen molar-refractivity contribution in [2.45, 2.75) is 19.6 Å². The zero-order valence-corrected chi connectivity index (χ0v) is 16.6. The van der Waals surface area contributed by atoms with Crippen LogP contribution in [0.25, 0.3) is 31.9 Å². The van der Waals surface area contributed by atoms with Gasteiger partial charge in [0.05, 0.1) is 18.3 Å². The van der Waals surface area contributed by atoms with Crippen LogP contribution in [0.2, 0.25) is 19.6 Å². The lowest BCUT2D eigenvalue weighted by Crippen LogP contribution is -2.37. The molecule has 0 bridgehead atoms. The third kappa shape index (κ3) is 3.30. The van der Waals surface area contributed by atoms with Crippen LogP contribution in [0.3, 0.4) is 0 Å². The van der Waals surface area contributed by atoms with E-state index >= 15 is 0 Å². The predicted octanol–water partition coefficient (Wildman–Crippen LogP) is 6.18. The second-order valence-electron chi connectivity index (χ2n) is 7.40. The van der Waals surface area contributed by atoms with Crippen molar-refractivity contribution >= 4 is 34.8 Å². The number of nitrogens with zero attached hydrogens (tertiary/aromatic N) is 1. The first-order valence-corrected chi connectivity index (χ1v) is 12.9. The van der Waals surface area contributed by atoms with Crippen LogP contribution in [-0.2, 0) is 0 Å². The fourth-order valence-corrected chi connectivity index (χ4v) is 5.14. The number of fused-ring (bicyclic) bond motifs is 1. The fourth-order valence-electron chi connectivity index (χ4n) is 2.99. The Morgan fingerprint density at radius 2 is 1.40 bits per heavy atom. The zero-order chi connectivity index (χ0) is 17.4. The molecule has 0 spiro atoms. The summed E-state index contributed by atoms with van der Waals surface area (Å²) in [6, 6.07) is 26.1. The van der Waals surface area contributed by atoms with E-state index in [4.69, 9.17) is 4.98 Å². The Hall–Kier alpha value is -2.23. The largest absolute Gasteiger partial charge is 0.236 e. The molecule has 1 aromatic heterocycles. The van der Waals surface area contributed by atoms with Crippen LogP contribution in [0.15, 0.2) is 72.8 Å². The molecule has 0 aliphatic heterocycles. The summed E-state index contributed by atoms with van der Waals surface area (Å²) in [5.74, 6) is 0. The van der Waals surface area contributed by atoms with Crippen molar-refractivity contribution in [1.29, 1.82) is 0 Å². The van der Waals surface area contributed by atoms with Crippen LogP contribution in [0, 0.1) is 0 Å². The third-order valence-corrected chi connectivity index (χ3v) is 7.59. The number of thiazole rings is 1. The van der Waals surface area contributed by atoms with Gasteiger partial charge in [0, 0.05) is 5.56 Å². The molecule has 4 aromatic rings. The SMILES string of the molecule is C[Si](C)(C)c1cccc(-c2cccc(-c3nc4ccccc4s3)c2)c1. The molecular weight excluding hydrogens is 338 g/mol. The minimum Gasteiger partial charge on any atom is -0.236 e. The first-order chi connectivity index (χ1) is 12.0. The molecule has 0 saturated carbocycles. The standard InChI is InChI=1S/C22H21NSSi/c1-25(2,3)19-11-7-9-17(15-19)16-8-6-10-18(14-16)22-23-20-12-4-5-13-21(20)24-22/h4-15H,1-3H3. The minimum absolute atomic E-state index is 1.08. The predicted molar refractivity (Wildman–Crippen MR) is 113 cm³/mol. The summed E-state index contributed by atoms with van der Waals surface area (Å²) in [4.78, 5) is 4.80. The lowest BCUT2D eigenvalue weighted by atomic mass is 10.0. The molecule has 1 heterocycles. The van der Waals surface area contributed by atoms with Crippen molar-refractivity contribution in [3.05, 3.63) is 72.8 Å². The van der Waals surface area contributed by atoms with Crippen molar-refractivity contribution in [3.63, 3.8) is 0 Å². The highest BCUT2D eigenvalue weighted by Crippen LogP contribution is 2.32. The highest BCUT2D eigenvalue weighted by Gasteiger charge is 2.16. The molecule has 0 saturated heterocycles. The van der Waals surface area contributed by atoms with Crippen molar-refractivity contribution in [2.75, 3.05) is 0 Å². The Bertz CT molecular complexity index is 1010. The van der Waals surface area contributed by atoms with Crippen LogP contribution >= 0.6 is 11.3 Å². The van der Waals surface area contributed by atoms with Crippen molar-refractivity contribution in [2.24, 2.45) is 0 Å². The van der Waals surface area contributed by atoms with Gasteiger partial charge in [-0.05, 0) is 29.3 Å². The first kappa shape index (κ1) is 16.2. The molecular formula is C22H21NSSi. The molecule has 25 heavy (non-hydrogen) atoms. The molecule has 0 aliphatic carbocycles. The Morgan fingerprint density at radius 1 is 0.720 bits per heavy atom. The topological polar surface area (TPSA) is 12.9 Å². The van der Waals surface area contributed by atoms with Gasteiger partial charge in [0.2, 0.25) is 0 Å². The molecule has 0 unspecified atom stereocenters. The summed E-state index contributed by atoms with van der Waals surface area (Å²) < 4.78 is 1.24. The monoisotopic (exact) mass is 359 g/mol. The fraction of sp³-hybridized carbons (Fsp3) is 0.136. The summed E-state index contributed by atoms with van der Waals surface area (Å²) in [5, 5.41) is 2.58. The molecule has 0 atom stereocenters. The molecule has 0 fully saturated rings. The van der Waals surface area contributed by atoms with Gasteiger partial charge in [0.1, 0.15) is 5.01 Å². The smallest absolute Gasteiger partial charge is 0.124 e. The summed E-state index contributed by atoms with van der Waals surface area (Å²) in [6.07, 6.45) is 0. The van der Waals surface area contributed by atoms with Crippen LogP contribution in [0.4, 0.5) is 0 Å². The van der Waals surface area contributed by atoms with E-state index in [1.165, 1.54) is 26.6 Å². The van der Waals surface area contributed by atoms with E-state index in [0.717, 1.165) is 10.5 Å².